The van der Waals surface area contributed by atoms with Gasteiger partial charge in [0, 0.05) is 15.0 Å². The van der Waals surface area contributed by atoms with Crippen molar-refractivity contribution in [2.24, 2.45) is 0 Å². The number of nitrogens with one attached hydrogen (secondary N) is 1. The molecule has 1 aromatic carbocycles. The number of hydrogen-bond acceptors (Lipinski definition) is 1. The standard InChI is InChI=1S/C12H15ClINO/c1-8(13)7-9(2)15-12(16)10-5-3-4-6-11(10)14/h3-6,8-9H,7H2,1-2H3,(H,15,16). The highest BCUT2D eigenvalue weighted by Crippen LogP contribution is 2.12. The summed E-state index contributed by atoms with van der Waals surface area (Å²) in [6.07, 6.45) is 0.775. The van der Waals surface area contributed by atoms with E-state index in [4.69, 9.17) is 11.6 Å². The van der Waals surface area contributed by atoms with Crippen LogP contribution in [0.25, 0.3) is 0 Å². The number of alkyl halides is 1. The predicted octanol–water partition coefficient (Wildman–Crippen LogP) is 3.43. The molecule has 0 saturated heterocycles. The summed E-state index contributed by atoms with van der Waals surface area (Å²) in [6.45, 7) is 3.89. The molecule has 0 saturated carbocycles. The summed E-state index contributed by atoms with van der Waals surface area (Å²) in [4.78, 5) is 11.9. The molecule has 0 bridgehead atoms. The Bertz CT molecular complexity index is 368. The molecule has 0 aliphatic rings. The van der Waals surface area contributed by atoms with Gasteiger partial charge in [-0.2, -0.15) is 0 Å². The Hall–Kier alpha value is -0.290. The summed E-state index contributed by atoms with van der Waals surface area (Å²) in [5.41, 5.74) is 0.720. The minimum absolute atomic E-state index is 0.0326. The second-order valence-electron chi connectivity index (χ2n) is 3.87. The van der Waals surface area contributed by atoms with Crippen LogP contribution >= 0.6 is 34.2 Å². The molecule has 2 nitrogen and oxygen atoms in total. The number of amides is 1. The molecule has 2 atom stereocenters. The highest BCUT2D eigenvalue weighted by Gasteiger charge is 2.13. The highest BCUT2D eigenvalue weighted by atomic mass is 127. The van der Waals surface area contributed by atoms with Gasteiger partial charge in [0.25, 0.3) is 5.91 Å². The molecule has 1 N–H and O–H groups in total. The molecule has 2 unspecified atom stereocenters. The molecule has 0 aromatic heterocycles. The van der Waals surface area contributed by atoms with Gasteiger partial charge in [0.15, 0.2) is 0 Å². The Morgan fingerprint density at radius 2 is 2.06 bits per heavy atom. The van der Waals surface area contributed by atoms with Crippen molar-refractivity contribution >= 4 is 40.1 Å². The quantitative estimate of drug-likeness (QED) is 0.653. The van der Waals surface area contributed by atoms with Gasteiger partial charge < -0.3 is 5.32 Å². The third-order valence-corrected chi connectivity index (χ3v) is 3.29. The Labute approximate surface area is 115 Å². The Morgan fingerprint density at radius 3 is 2.62 bits per heavy atom. The van der Waals surface area contributed by atoms with E-state index in [1.54, 1.807) is 0 Å². The van der Waals surface area contributed by atoms with E-state index in [1.807, 2.05) is 38.1 Å². The third-order valence-electron chi connectivity index (χ3n) is 2.17. The minimum Gasteiger partial charge on any atom is -0.350 e. The van der Waals surface area contributed by atoms with Crippen LogP contribution in [0.15, 0.2) is 24.3 Å². The van der Waals surface area contributed by atoms with Gasteiger partial charge in [-0.15, -0.1) is 11.6 Å². The first-order chi connectivity index (χ1) is 7.50. The average molecular weight is 352 g/mol. The molecule has 0 fully saturated rings. The van der Waals surface area contributed by atoms with Crippen molar-refractivity contribution < 1.29 is 4.79 Å². The summed E-state index contributed by atoms with van der Waals surface area (Å²) in [5, 5.41) is 3.01. The first-order valence-corrected chi connectivity index (χ1v) is 6.71. The lowest BCUT2D eigenvalue weighted by molar-refractivity contribution is 0.0937. The molecular weight excluding hydrogens is 336 g/mol. The topological polar surface area (TPSA) is 29.1 Å². The van der Waals surface area contributed by atoms with Crippen molar-refractivity contribution in [3.8, 4) is 0 Å². The van der Waals surface area contributed by atoms with Crippen molar-refractivity contribution in [3.05, 3.63) is 33.4 Å². The second kappa shape index (κ2) is 6.45. The van der Waals surface area contributed by atoms with Crippen LogP contribution in [0.2, 0.25) is 0 Å². The van der Waals surface area contributed by atoms with E-state index in [2.05, 4.69) is 27.9 Å². The predicted molar refractivity (Wildman–Crippen MR) is 76.0 cm³/mol. The molecule has 0 radical (unpaired) electrons. The van der Waals surface area contributed by atoms with Crippen LogP contribution in [0, 0.1) is 3.57 Å². The van der Waals surface area contributed by atoms with Crippen molar-refractivity contribution in [1.29, 1.82) is 0 Å². The normalized spacial score (nSPS) is 14.2. The van der Waals surface area contributed by atoms with E-state index < -0.39 is 0 Å². The van der Waals surface area contributed by atoms with Crippen molar-refractivity contribution in [2.45, 2.75) is 31.7 Å². The van der Waals surface area contributed by atoms with E-state index in [0.717, 1.165) is 15.6 Å². The third kappa shape index (κ3) is 4.29. The minimum atomic E-state index is -0.0326. The number of benzene rings is 1. The maximum Gasteiger partial charge on any atom is 0.252 e. The highest BCUT2D eigenvalue weighted by molar-refractivity contribution is 14.1. The summed E-state index contributed by atoms with van der Waals surface area (Å²) < 4.78 is 0.962. The monoisotopic (exact) mass is 351 g/mol. The van der Waals surface area contributed by atoms with E-state index >= 15 is 0 Å². The van der Waals surface area contributed by atoms with Gasteiger partial charge in [-0.05, 0) is 55.0 Å². The maximum absolute atomic E-state index is 11.9. The van der Waals surface area contributed by atoms with Gasteiger partial charge >= 0.3 is 0 Å². The summed E-state index contributed by atoms with van der Waals surface area (Å²) >= 11 is 8.04. The maximum atomic E-state index is 11.9. The van der Waals surface area contributed by atoms with Gasteiger partial charge in [0.2, 0.25) is 0 Å². The largest absolute Gasteiger partial charge is 0.350 e. The Morgan fingerprint density at radius 1 is 1.44 bits per heavy atom. The van der Waals surface area contributed by atoms with Crippen LogP contribution in [0.4, 0.5) is 0 Å². The smallest absolute Gasteiger partial charge is 0.252 e. The van der Waals surface area contributed by atoms with Gasteiger partial charge in [0.05, 0.1) is 5.56 Å². The molecule has 88 valence electrons. The number of carbonyl (C=O) groups excluding carboxylic acids is 1. The SMILES string of the molecule is CC(Cl)CC(C)NC(=O)c1ccccc1I. The van der Waals surface area contributed by atoms with Gasteiger partial charge in [0.1, 0.15) is 0 Å². The van der Waals surface area contributed by atoms with E-state index in [0.29, 0.717) is 0 Å². The Balaban J connectivity index is 2.63. The van der Waals surface area contributed by atoms with Crippen LogP contribution in [0.5, 0.6) is 0 Å². The molecule has 0 heterocycles. The summed E-state index contributed by atoms with van der Waals surface area (Å²) in [6, 6.07) is 7.63. The molecular formula is C12H15ClINO. The van der Waals surface area contributed by atoms with E-state index in [1.165, 1.54) is 0 Å². The van der Waals surface area contributed by atoms with Crippen LogP contribution in [-0.2, 0) is 0 Å². The fourth-order valence-electron chi connectivity index (χ4n) is 1.49. The van der Waals surface area contributed by atoms with Crippen molar-refractivity contribution in [1.82, 2.24) is 5.32 Å². The molecule has 1 aromatic rings. The zero-order chi connectivity index (χ0) is 12.1. The average Bonchev–Trinajstić information content (AvgIpc) is 2.16. The number of hydrogen-bond donors (Lipinski definition) is 1. The lowest BCUT2D eigenvalue weighted by atomic mass is 10.1. The fourth-order valence-corrected chi connectivity index (χ4v) is 2.39. The van der Waals surface area contributed by atoms with Crippen LogP contribution < -0.4 is 5.32 Å². The van der Waals surface area contributed by atoms with Gasteiger partial charge in [-0.3, -0.25) is 4.79 Å². The van der Waals surface area contributed by atoms with Gasteiger partial charge in [-0.1, -0.05) is 12.1 Å². The van der Waals surface area contributed by atoms with Crippen LogP contribution in [0.3, 0.4) is 0 Å². The molecule has 1 rings (SSSR count). The van der Waals surface area contributed by atoms with Crippen LogP contribution in [0.1, 0.15) is 30.6 Å². The fraction of sp³-hybridized carbons (Fsp3) is 0.417. The number of rotatable bonds is 4. The molecule has 16 heavy (non-hydrogen) atoms. The van der Waals surface area contributed by atoms with Crippen LogP contribution in [-0.4, -0.2) is 17.3 Å². The lowest BCUT2D eigenvalue weighted by Gasteiger charge is -2.15. The number of halogens is 2. The first kappa shape index (κ1) is 13.8. The zero-order valence-corrected chi connectivity index (χ0v) is 12.2. The Kier molecular flexibility index (Phi) is 5.55. The van der Waals surface area contributed by atoms with Crippen molar-refractivity contribution in [3.63, 3.8) is 0 Å². The number of carbonyl (C=O) groups is 1. The first-order valence-electron chi connectivity index (χ1n) is 5.20. The zero-order valence-electron chi connectivity index (χ0n) is 9.34. The molecule has 1 amide bonds. The van der Waals surface area contributed by atoms with Crippen molar-refractivity contribution in [2.75, 3.05) is 0 Å². The van der Waals surface area contributed by atoms with E-state index in [9.17, 15) is 4.79 Å². The van der Waals surface area contributed by atoms with Gasteiger partial charge in [-0.25, -0.2) is 0 Å². The summed E-state index contributed by atoms with van der Waals surface area (Å²) in [5.74, 6) is -0.0326. The molecule has 4 heteroatoms. The molecule has 0 spiro atoms. The lowest BCUT2D eigenvalue weighted by Crippen LogP contribution is -2.34. The summed E-state index contributed by atoms with van der Waals surface area (Å²) in [7, 11) is 0. The molecule has 0 aliphatic carbocycles. The van der Waals surface area contributed by atoms with E-state index in [-0.39, 0.29) is 17.3 Å². The second-order valence-corrected chi connectivity index (χ2v) is 5.78. The molecule has 0 aliphatic heterocycles.